The van der Waals surface area contributed by atoms with Gasteiger partial charge in [0.25, 0.3) is 0 Å². The van der Waals surface area contributed by atoms with Crippen LogP contribution in [0, 0.1) is 13.8 Å². The first-order valence-corrected chi connectivity index (χ1v) is 5.65. The van der Waals surface area contributed by atoms with Gasteiger partial charge in [0.2, 0.25) is 0 Å². The highest BCUT2D eigenvalue weighted by atomic mass is 32.1. The van der Waals surface area contributed by atoms with Crippen LogP contribution in [0.4, 0.5) is 0 Å². The summed E-state index contributed by atoms with van der Waals surface area (Å²) in [5.74, 6) is -4.91. The molecule has 0 bridgehead atoms. The summed E-state index contributed by atoms with van der Waals surface area (Å²) in [5, 5.41) is 17.9. The number of carbonyl (C=O) groups is 3. The van der Waals surface area contributed by atoms with Gasteiger partial charge in [-0.2, -0.15) is 0 Å². The van der Waals surface area contributed by atoms with Crippen molar-refractivity contribution in [3.05, 3.63) is 20.9 Å². The lowest BCUT2D eigenvalue weighted by molar-refractivity contribution is -0.150. The van der Waals surface area contributed by atoms with E-state index in [4.69, 9.17) is 10.2 Å². The van der Waals surface area contributed by atoms with Gasteiger partial charge in [-0.15, -0.1) is 11.3 Å². The second-order valence-electron chi connectivity index (χ2n) is 3.69. The molecule has 0 amide bonds. The maximum Gasteiger partial charge on any atom is 0.322 e. The van der Waals surface area contributed by atoms with Crippen LogP contribution in [0.15, 0.2) is 0 Å². The van der Waals surface area contributed by atoms with Crippen LogP contribution in [0.25, 0.3) is 0 Å². The third-order valence-electron chi connectivity index (χ3n) is 2.53. The van der Waals surface area contributed by atoms with Crippen molar-refractivity contribution in [2.24, 2.45) is 0 Å². The molecule has 0 atom stereocenters. The minimum Gasteiger partial charge on any atom is -0.480 e. The zero-order valence-electron chi connectivity index (χ0n) is 9.60. The molecule has 1 aromatic rings. The van der Waals surface area contributed by atoms with Crippen molar-refractivity contribution in [1.29, 1.82) is 0 Å². The Morgan fingerprint density at radius 2 is 1.59 bits per heavy atom. The van der Waals surface area contributed by atoms with Gasteiger partial charge in [0.1, 0.15) is 0 Å². The Morgan fingerprint density at radius 1 is 1.12 bits per heavy atom. The van der Waals surface area contributed by atoms with E-state index >= 15 is 0 Å². The molecule has 2 N–H and O–H groups in total. The van der Waals surface area contributed by atoms with Crippen molar-refractivity contribution in [2.45, 2.75) is 26.7 Å². The molecule has 0 unspecified atom stereocenters. The summed E-state index contributed by atoms with van der Waals surface area (Å²) in [6.45, 7) is 4.66. The predicted molar refractivity (Wildman–Crippen MR) is 61.8 cm³/mol. The molecule has 92 valence electrons. The Bertz CT molecular complexity index is 486. The molecule has 1 rings (SSSR count). The highest BCUT2D eigenvalue weighted by Gasteiger charge is 2.34. The third-order valence-corrected chi connectivity index (χ3v) is 3.86. The standard InChI is InChI=1S/C11H12O5S/c1-4-6(3)17-9(5(2)12)7(4)8(10(13)14)11(15)16/h8H,1-3H3,(H,13,14)(H,15,16). The Hall–Kier alpha value is -1.69. The van der Waals surface area contributed by atoms with E-state index in [0.717, 1.165) is 16.2 Å². The topological polar surface area (TPSA) is 91.7 Å². The van der Waals surface area contributed by atoms with Gasteiger partial charge in [-0.3, -0.25) is 14.4 Å². The third kappa shape index (κ3) is 2.36. The average Bonchev–Trinajstić information content (AvgIpc) is 2.45. The summed E-state index contributed by atoms with van der Waals surface area (Å²) in [4.78, 5) is 34.4. The number of Topliss-reactive ketones (excluding diaryl/α,β-unsaturated/α-hetero) is 1. The van der Waals surface area contributed by atoms with Crippen molar-refractivity contribution >= 4 is 29.1 Å². The van der Waals surface area contributed by atoms with E-state index in [1.165, 1.54) is 6.92 Å². The molecule has 1 aromatic heterocycles. The molecule has 0 saturated carbocycles. The molecule has 0 aliphatic rings. The molecule has 0 fully saturated rings. The summed E-state index contributed by atoms with van der Waals surface area (Å²) < 4.78 is 0. The van der Waals surface area contributed by atoms with Crippen LogP contribution in [0.5, 0.6) is 0 Å². The van der Waals surface area contributed by atoms with Gasteiger partial charge in [0, 0.05) is 10.4 Å². The molecule has 0 saturated heterocycles. The van der Waals surface area contributed by atoms with Gasteiger partial charge in [-0.25, -0.2) is 0 Å². The van der Waals surface area contributed by atoms with E-state index in [1.54, 1.807) is 13.8 Å². The SMILES string of the molecule is CC(=O)c1sc(C)c(C)c1C(C(=O)O)C(=O)O. The number of hydrogen-bond acceptors (Lipinski definition) is 4. The lowest BCUT2D eigenvalue weighted by Gasteiger charge is -2.09. The molecule has 5 nitrogen and oxygen atoms in total. The Morgan fingerprint density at radius 3 is 1.94 bits per heavy atom. The summed E-state index contributed by atoms with van der Waals surface area (Å²) in [6, 6.07) is 0. The minimum absolute atomic E-state index is 0.111. The average molecular weight is 256 g/mol. The second kappa shape index (κ2) is 4.67. The highest BCUT2D eigenvalue weighted by molar-refractivity contribution is 7.14. The summed E-state index contributed by atoms with van der Waals surface area (Å²) >= 11 is 1.14. The van der Waals surface area contributed by atoms with Crippen molar-refractivity contribution in [3.63, 3.8) is 0 Å². The molecule has 0 aromatic carbocycles. The number of carbonyl (C=O) groups excluding carboxylic acids is 1. The van der Waals surface area contributed by atoms with Crippen LogP contribution in [0.1, 0.15) is 38.5 Å². The van der Waals surface area contributed by atoms with Gasteiger partial charge in [0.15, 0.2) is 11.7 Å². The molecule has 17 heavy (non-hydrogen) atoms. The first kappa shape index (κ1) is 13.4. The van der Waals surface area contributed by atoms with E-state index in [9.17, 15) is 14.4 Å². The molecule has 0 spiro atoms. The van der Waals surface area contributed by atoms with Crippen LogP contribution in [-0.4, -0.2) is 27.9 Å². The van der Waals surface area contributed by atoms with Crippen LogP contribution < -0.4 is 0 Å². The Labute approximate surface area is 102 Å². The normalized spacial score (nSPS) is 10.6. The van der Waals surface area contributed by atoms with E-state index in [-0.39, 0.29) is 16.2 Å². The number of carboxylic acid groups (broad SMARTS) is 2. The molecule has 0 aliphatic carbocycles. The number of hydrogen-bond donors (Lipinski definition) is 2. The molecular weight excluding hydrogens is 244 g/mol. The number of ketones is 1. The van der Waals surface area contributed by atoms with Gasteiger partial charge in [-0.1, -0.05) is 0 Å². The van der Waals surface area contributed by atoms with Gasteiger partial charge in [-0.05, 0) is 26.3 Å². The maximum absolute atomic E-state index is 11.4. The minimum atomic E-state index is -1.68. The fraction of sp³-hybridized carbons (Fsp3) is 0.364. The van der Waals surface area contributed by atoms with E-state index in [2.05, 4.69) is 0 Å². The number of aryl methyl sites for hydroxylation is 1. The molecule has 0 radical (unpaired) electrons. The van der Waals surface area contributed by atoms with Crippen LogP contribution >= 0.6 is 11.3 Å². The molecule has 1 heterocycles. The zero-order chi connectivity index (χ0) is 13.3. The van der Waals surface area contributed by atoms with E-state index < -0.39 is 17.9 Å². The molecule has 0 aliphatic heterocycles. The monoisotopic (exact) mass is 256 g/mol. The smallest absolute Gasteiger partial charge is 0.322 e. The predicted octanol–water partition coefficient (Wildman–Crippen LogP) is 1.82. The van der Waals surface area contributed by atoms with Crippen LogP contribution in [0.2, 0.25) is 0 Å². The van der Waals surface area contributed by atoms with Crippen LogP contribution in [-0.2, 0) is 9.59 Å². The number of carboxylic acids is 2. The van der Waals surface area contributed by atoms with Crippen molar-refractivity contribution in [3.8, 4) is 0 Å². The number of thiophene rings is 1. The summed E-state index contributed by atoms with van der Waals surface area (Å²) in [7, 11) is 0. The lowest BCUT2D eigenvalue weighted by atomic mass is 9.94. The van der Waals surface area contributed by atoms with Crippen molar-refractivity contribution < 1.29 is 24.6 Å². The number of aliphatic carboxylic acids is 2. The second-order valence-corrected chi connectivity index (χ2v) is 4.92. The van der Waals surface area contributed by atoms with E-state index in [1.807, 2.05) is 0 Å². The quantitative estimate of drug-likeness (QED) is 0.633. The largest absolute Gasteiger partial charge is 0.480 e. The lowest BCUT2D eigenvalue weighted by Crippen LogP contribution is -2.23. The summed E-state index contributed by atoms with van der Waals surface area (Å²) in [6.07, 6.45) is 0. The van der Waals surface area contributed by atoms with E-state index in [0.29, 0.717) is 5.56 Å². The molecule has 6 heteroatoms. The van der Waals surface area contributed by atoms with Gasteiger partial charge < -0.3 is 10.2 Å². The first-order chi connectivity index (χ1) is 7.77. The van der Waals surface area contributed by atoms with Gasteiger partial charge in [0.05, 0.1) is 4.88 Å². The Kier molecular flexibility index (Phi) is 3.67. The highest BCUT2D eigenvalue weighted by Crippen LogP contribution is 2.34. The zero-order valence-corrected chi connectivity index (χ0v) is 10.4. The molecular formula is C11H12O5S. The maximum atomic E-state index is 11.4. The fourth-order valence-electron chi connectivity index (χ4n) is 1.61. The van der Waals surface area contributed by atoms with Crippen LogP contribution in [0.3, 0.4) is 0 Å². The summed E-state index contributed by atoms with van der Waals surface area (Å²) in [5.41, 5.74) is 0.676. The number of rotatable bonds is 4. The Balaban J connectivity index is 3.51. The first-order valence-electron chi connectivity index (χ1n) is 4.83. The van der Waals surface area contributed by atoms with Gasteiger partial charge >= 0.3 is 11.9 Å². The van der Waals surface area contributed by atoms with Crippen molar-refractivity contribution in [1.82, 2.24) is 0 Å². The van der Waals surface area contributed by atoms with Crippen molar-refractivity contribution in [2.75, 3.05) is 0 Å². The fourth-order valence-corrected chi connectivity index (χ4v) is 2.70.